The highest BCUT2D eigenvalue weighted by Gasteiger charge is 2.12. The molecule has 0 amide bonds. The molecule has 4 nitrogen and oxygen atoms in total. The van der Waals surface area contributed by atoms with Crippen LogP contribution in [0.3, 0.4) is 0 Å². The third-order valence-corrected chi connectivity index (χ3v) is 3.58. The summed E-state index contributed by atoms with van der Waals surface area (Å²) in [7, 11) is 0. The number of rotatable bonds is 6. The predicted octanol–water partition coefficient (Wildman–Crippen LogP) is 4.45. The molecule has 3 N–H and O–H groups in total. The number of nitrogens with one attached hydrogen (secondary N) is 1. The van der Waals surface area contributed by atoms with Crippen molar-refractivity contribution < 1.29 is 4.74 Å². The fourth-order valence-corrected chi connectivity index (χ4v) is 2.20. The minimum Gasteiger partial charge on any atom is -0.489 e. The molecule has 1 aromatic carbocycles. The van der Waals surface area contributed by atoms with Crippen molar-refractivity contribution in [2.24, 2.45) is 5.84 Å². The van der Waals surface area contributed by atoms with Crippen molar-refractivity contribution in [3.63, 3.8) is 0 Å². The average molecular weight is 350 g/mol. The fourth-order valence-electron chi connectivity index (χ4n) is 1.59. The molecule has 118 valence electrons. The summed E-state index contributed by atoms with van der Waals surface area (Å²) in [5.41, 5.74) is 0.606. The number of nitrogens with zero attached hydrogens (tertiary/aromatic N) is 1. The van der Waals surface area contributed by atoms with Crippen LogP contribution in [0.2, 0.25) is 10.0 Å². The number of anilines is 1. The van der Waals surface area contributed by atoms with Gasteiger partial charge in [0.2, 0.25) is 0 Å². The van der Waals surface area contributed by atoms with Crippen LogP contribution in [0.1, 0.15) is 33.6 Å². The van der Waals surface area contributed by atoms with Gasteiger partial charge in [-0.1, -0.05) is 36.5 Å². The lowest BCUT2D eigenvalue weighted by molar-refractivity contribution is 0.242. The molecule has 0 bridgehead atoms. The normalized spacial score (nSPS) is 10.6. The Bertz CT molecular complexity index is 497. The molecular weight excluding hydrogens is 329 g/mol. The first-order chi connectivity index (χ1) is 9.85. The van der Waals surface area contributed by atoms with Gasteiger partial charge in [0, 0.05) is 12.6 Å². The van der Waals surface area contributed by atoms with E-state index in [-0.39, 0.29) is 6.10 Å². The van der Waals surface area contributed by atoms with Crippen LogP contribution in [0.15, 0.2) is 12.1 Å². The van der Waals surface area contributed by atoms with Crippen molar-refractivity contribution in [2.45, 2.75) is 39.7 Å². The Morgan fingerprint density at radius 1 is 1.38 bits per heavy atom. The van der Waals surface area contributed by atoms with Crippen LogP contribution >= 0.6 is 35.4 Å². The largest absolute Gasteiger partial charge is 0.489 e. The molecule has 0 atom stereocenters. The van der Waals surface area contributed by atoms with E-state index in [4.69, 9.17) is 46.0 Å². The Morgan fingerprint density at radius 3 is 2.62 bits per heavy atom. The van der Waals surface area contributed by atoms with Gasteiger partial charge in [-0.05, 0) is 38.6 Å². The fraction of sp³-hybridized carbons (Fsp3) is 0.500. The monoisotopic (exact) mass is 349 g/mol. The van der Waals surface area contributed by atoms with E-state index in [0.29, 0.717) is 33.1 Å². The van der Waals surface area contributed by atoms with E-state index in [1.54, 1.807) is 12.1 Å². The van der Waals surface area contributed by atoms with Crippen LogP contribution in [-0.4, -0.2) is 22.8 Å². The number of hydrogen-bond acceptors (Lipinski definition) is 3. The molecule has 1 aromatic rings. The smallest absolute Gasteiger partial charge is 0.187 e. The Labute approximate surface area is 141 Å². The van der Waals surface area contributed by atoms with Gasteiger partial charge in [-0.25, -0.2) is 5.84 Å². The topological polar surface area (TPSA) is 50.5 Å². The summed E-state index contributed by atoms with van der Waals surface area (Å²) in [6, 6.07) is 3.35. The maximum absolute atomic E-state index is 6.22. The van der Waals surface area contributed by atoms with Gasteiger partial charge >= 0.3 is 0 Å². The molecule has 7 heteroatoms. The van der Waals surface area contributed by atoms with E-state index < -0.39 is 0 Å². The van der Waals surface area contributed by atoms with Gasteiger partial charge in [0.05, 0.1) is 21.8 Å². The number of unbranched alkanes of at least 4 members (excludes halogenated alkanes) is 1. The minimum absolute atomic E-state index is 0.0204. The molecule has 0 unspecified atom stereocenters. The summed E-state index contributed by atoms with van der Waals surface area (Å²) in [4.78, 5) is 0. The van der Waals surface area contributed by atoms with Crippen LogP contribution in [0.4, 0.5) is 5.69 Å². The molecule has 21 heavy (non-hydrogen) atoms. The van der Waals surface area contributed by atoms with E-state index in [2.05, 4.69) is 12.2 Å². The first-order valence-electron chi connectivity index (χ1n) is 6.84. The molecule has 0 spiro atoms. The lowest BCUT2D eigenvalue weighted by atomic mass is 10.3. The van der Waals surface area contributed by atoms with Crippen LogP contribution in [0.25, 0.3) is 0 Å². The Balaban J connectivity index is 2.80. The van der Waals surface area contributed by atoms with Crippen molar-refractivity contribution in [3.8, 4) is 5.75 Å². The summed E-state index contributed by atoms with van der Waals surface area (Å²) < 4.78 is 5.57. The summed E-state index contributed by atoms with van der Waals surface area (Å²) in [6.45, 7) is 6.62. The number of ether oxygens (including phenoxy) is 1. The average Bonchev–Trinajstić information content (AvgIpc) is 2.40. The first-order valence-corrected chi connectivity index (χ1v) is 8.00. The van der Waals surface area contributed by atoms with E-state index >= 15 is 0 Å². The maximum atomic E-state index is 6.22. The van der Waals surface area contributed by atoms with Crippen molar-refractivity contribution in [3.05, 3.63) is 22.2 Å². The highest BCUT2D eigenvalue weighted by molar-refractivity contribution is 7.80. The number of hydrogen-bond donors (Lipinski definition) is 2. The summed E-state index contributed by atoms with van der Waals surface area (Å²) in [5, 5.41) is 5.83. The standard InChI is InChI=1S/C14H21Cl2N3OS/c1-4-5-6-19(17)14(21)18-12-7-11(16)13(8-10(12)15)20-9(2)3/h7-9H,4-6,17H2,1-3H3,(H,18,21). The quantitative estimate of drug-likeness (QED) is 0.451. The molecule has 0 aromatic heterocycles. The Kier molecular flexibility index (Phi) is 7.52. The van der Waals surface area contributed by atoms with E-state index in [0.717, 1.165) is 12.8 Å². The lowest BCUT2D eigenvalue weighted by Crippen LogP contribution is -2.41. The number of benzene rings is 1. The zero-order valence-electron chi connectivity index (χ0n) is 12.5. The van der Waals surface area contributed by atoms with Gasteiger partial charge < -0.3 is 10.1 Å². The minimum atomic E-state index is 0.0204. The van der Waals surface area contributed by atoms with Gasteiger partial charge in [-0.2, -0.15) is 0 Å². The van der Waals surface area contributed by atoms with Crippen LogP contribution in [-0.2, 0) is 0 Å². The van der Waals surface area contributed by atoms with Crippen molar-refractivity contribution >= 4 is 46.2 Å². The molecule has 0 saturated carbocycles. The first kappa shape index (κ1) is 18.3. The summed E-state index contributed by atoms with van der Waals surface area (Å²) in [5.74, 6) is 6.41. The van der Waals surface area contributed by atoms with Gasteiger partial charge in [-0.15, -0.1) is 0 Å². The van der Waals surface area contributed by atoms with Gasteiger partial charge in [0.25, 0.3) is 0 Å². The molecular formula is C14H21Cl2N3OS. The number of halogens is 2. The second kappa shape index (κ2) is 8.63. The van der Waals surface area contributed by atoms with Gasteiger partial charge in [-0.3, -0.25) is 5.01 Å². The number of hydrazine groups is 1. The second-order valence-corrected chi connectivity index (χ2v) is 6.11. The summed E-state index contributed by atoms with van der Waals surface area (Å²) >= 11 is 17.6. The van der Waals surface area contributed by atoms with Crippen LogP contribution < -0.4 is 15.9 Å². The highest BCUT2D eigenvalue weighted by atomic mass is 35.5. The predicted molar refractivity (Wildman–Crippen MR) is 94.2 cm³/mol. The Morgan fingerprint density at radius 2 is 2.05 bits per heavy atom. The molecule has 0 aliphatic rings. The molecule has 0 aliphatic carbocycles. The van der Waals surface area contributed by atoms with E-state index in [9.17, 15) is 0 Å². The SMILES string of the molecule is CCCCN(N)C(=S)Nc1cc(Cl)c(OC(C)C)cc1Cl. The Hall–Kier alpha value is -0.750. The van der Waals surface area contributed by atoms with Gasteiger partial charge in [0.15, 0.2) is 5.11 Å². The second-order valence-electron chi connectivity index (χ2n) is 4.91. The van der Waals surface area contributed by atoms with E-state index in [1.165, 1.54) is 5.01 Å². The van der Waals surface area contributed by atoms with Crippen molar-refractivity contribution in [1.82, 2.24) is 5.01 Å². The van der Waals surface area contributed by atoms with Crippen molar-refractivity contribution in [1.29, 1.82) is 0 Å². The molecule has 0 fully saturated rings. The third-order valence-electron chi connectivity index (χ3n) is 2.64. The van der Waals surface area contributed by atoms with Crippen LogP contribution in [0.5, 0.6) is 5.75 Å². The zero-order chi connectivity index (χ0) is 16.0. The molecule has 1 rings (SSSR count). The summed E-state index contributed by atoms with van der Waals surface area (Å²) in [6.07, 6.45) is 2.03. The zero-order valence-corrected chi connectivity index (χ0v) is 14.8. The third kappa shape index (κ3) is 5.87. The number of nitrogens with two attached hydrogens (primary N) is 1. The highest BCUT2D eigenvalue weighted by Crippen LogP contribution is 2.34. The number of thiocarbonyl (C=S) groups is 1. The molecule has 0 heterocycles. The maximum Gasteiger partial charge on any atom is 0.187 e. The van der Waals surface area contributed by atoms with Crippen LogP contribution in [0, 0.1) is 0 Å². The molecule has 0 radical (unpaired) electrons. The van der Waals surface area contributed by atoms with Crippen molar-refractivity contribution in [2.75, 3.05) is 11.9 Å². The molecule has 0 saturated heterocycles. The van der Waals surface area contributed by atoms with Gasteiger partial charge in [0.1, 0.15) is 5.75 Å². The lowest BCUT2D eigenvalue weighted by Gasteiger charge is -2.21. The molecule has 0 aliphatic heterocycles. The van der Waals surface area contributed by atoms with E-state index in [1.807, 2.05) is 13.8 Å².